The molecule has 0 saturated heterocycles. The summed E-state index contributed by atoms with van der Waals surface area (Å²) in [7, 11) is 0. The largest absolute Gasteiger partial charge is 0.494 e. The van der Waals surface area contributed by atoms with Gasteiger partial charge in [0, 0.05) is 11.4 Å². The molecule has 1 aromatic carbocycles. The van der Waals surface area contributed by atoms with Gasteiger partial charge in [-0.2, -0.15) is 5.26 Å². The number of carbonyl (C=O) groups excluding carboxylic acids is 1. The summed E-state index contributed by atoms with van der Waals surface area (Å²) in [6, 6.07) is 11.5. The number of benzene rings is 1. The number of hydrogen-bond acceptors (Lipinski definition) is 5. The van der Waals surface area contributed by atoms with Crippen molar-refractivity contribution in [1.29, 1.82) is 5.26 Å². The summed E-state index contributed by atoms with van der Waals surface area (Å²) in [6.07, 6.45) is 3.02. The van der Waals surface area contributed by atoms with Gasteiger partial charge in [0.1, 0.15) is 16.8 Å². The van der Waals surface area contributed by atoms with Gasteiger partial charge in [0.25, 0.3) is 0 Å². The van der Waals surface area contributed by atoms with E-state index in [0.717, 1.165) is 30.7 Å². The first-order chi connectivity index (χ1) is 13.5. The van der Waals surface area contributed by atoms with Crippen LogP contribution in [0.25, 0.3) is 0 Å². The molecular weight excluding hydrogens is 370 g/mol. The van der Waals surface area contributed by atoms with Crippen molar-refractivity contribution in [3.8, 4) is 11.8 Å². The number of amides is 1. The highest BCUT2D eigenvalue weighted by Gasteiger charge is 2.22. The molecule has 1 amide bonds. The Kier molecular flexibility index (Phi) is 6.58. The molecule has 2 atom stereocenters. The third-order valence-electron chi connectivity index (χ3n) is 4.81. The number of nitrogens with zero attached hydrogens (tertiary/aromatic N) is 2. The van der Waals surface area contributed by atoms with Crippen LogP contribution in [-0.4, -0.2) is 22.7 Å². The molecule has 1 aliphatic carbocycles. The highest BCUT2D eigenvalue weighted by atomic mass is 32.2. The molecule has 1 aromatic heterocycles. The second-order valence-electron chi connectivity index (χ2n) is 7.11. The molecule has 0 spiro atoms. The summed E-state index contributed by atoms with van der Waals surface area (Å²) < 4.78 is 5.41. The van der Waals surface area contributed by atoms with Gasteiger partial charge in [-0.3, -0.25) is 4.79 Å². The van der Waals surface area contributed by atoms with Crippen molar-refractivity contribution in [2.24, 2.45) is 5.92 Å². The molecule has 1 N–H and O–H groups in total. The molecule has 0 fully saturated rings. The topological polar surface area (TPSA) is 75.0 Å². The molecule has 0 bridgehead atoms. The standard InChI is InChI=1S/C22H25N3O2S/c1-4-27-19-8-6-18(7-9-19)24-21(26)15(3)28-22-17(13-23)12-16-11-14(2)5-10-20(16)25-22/h6-9,12,14-15H,4-5,10-11H2,1-3H3,(H,24,26). The van der Waals surface area contributed by atoms with Crippen LogP contribution >= 0.6 is 11.8 Å². The smallest absolute Gasteiger partial charge is 0.237 e. The van der Waals surface area contributed by atoms with Crippen molar-refractivity contribution >= 4 is 23.4 Å². The fraction of sp³-hybridized carbons (Fsp3) is 0.409. The number of aromatic nitrogens is 1. The predicted molar refractivity (Wildman–Crippen MR) is 112 cm³/mol. The Balaban J connectivity index is 1.69. The van der Waals surface area contributed by atoms with Crippen LogP contribution in [0.2, 0.25) is 0 Å². The van der Waals surface area contributed by atoms with Crippen LogP contribution in [0, 0.1) is 17.2 Å². The number of anilines is 1. The van der Waals surface area contributed by atoms with E-state index >= 15 is 0 Å². The number of rotatable bonds is 6. The van der Waals surface area contributed by atoms with E-state index in [0.29, 0.717) is 28.8 Å². The Bertz CT molecular complexity index is 890. The Morgan fingerprint density at radius 1 is 1.43 bits per heavy atom. The Hall–Kier alpha value is -2.52. The Morgan fingerprint density at radius 2 is 2.18 bits per heavy atom. The summed E-state index contributed by atoms with van der Waals surface area (Å²) in [6.45, 7) is 6.59. The number of aryl methyl sites for hydroxylation is 1. The van der Waals surface area contributed by atoms with E-state index in [1.165, 1.54) is 17.3 Å². The zero-order chi connectivity index (χ0) is 20.1. The third-order valence-corrected chi connectivity index (χ3v) is 5.91. The molecule has 0 aliphatic heterocycles. The van der Waals surface area contributed by atoms with E-state index in [4.69, 9.17) is 9.72 Å². The first-order valence-corrected chi connectivity index (χ1v) is 10.5. The lowest BCUT2D eigenvalue weighted by atomic mass is 9.87. The highest BCUT2D eigenvalue weighted by Crippen LogP contribution is 2.31. The maximum atomic E-state index is 12.6. The number of ether oxygens (including phenoxy) is 1. The van der Waals surface area contributed by atoms with Crippen molar-refractivity contribution in [3.63, 3.8) is 0 Å². The number of fused-ring (bicyclic) bond motifs is 1. The number of carbonyl (C=O) groups is 1. The summed E-state index contributed by atoms with van der Waals surface area (Å²) in [4.78, 5) is 17.3. The molecule has 1 heterocycles. The van der Waals surface area contributed by atoms with E-state index in [2.05, 4.69) is 18.3 Å². The molecule has 2 aromatic rings. The van der Waals surface area contributed by atoms with E-state index in [1.807, 2.05) is 44.2 Å². The van der Waals surface area contributed by atoms with E-state index in [9.17, 15) is 10.1 Å². The SMILES string of the molecule is CCOc1ccc(NC(=O)C(C)Sc2nc3c(cc2C#N)CC(C)CC3)cc1. The van der Waals surface area contributed by atoms with Gasteiger partial charge in [0.05, 0.1) is 17.4 Å². The average Bonchev–Trinajstić information content (AvgIpc) is 2.69. The van der Waals surface area contributed by atoms with Crippen molar-refractivity contribution in [2.75, 3.05) is 11.9 Å². The van der Waals surface area contributed by atoms with E-state index < -0.39 is 0 Å². The van der Waals surface area contributed by atoms with E-state index in [-0.39, 0.29) is 11.2 Å². The lowest BCUT2D eigenvalue weighted by Crippen LogP contribution is -2.23. The molecule has 0 radical (unpaired) electrons. The van der Waals surface area contributed by atoms with Crippen molar-refractivity contribution in [1.82, 2.24) is 4.98 Å². The molecule has 6 heteroatoms. The maximum Gasteiger partial charge on any atom is 0.237 e. The summed E-state index contributed by atoms with van der Waals surface area (Å²) in [5, 5.41) is 12.7. The van der Waals surface area contributed by atoms with Crippen molar-refractivity contribution < 1.29 is 9.53 Å². The van der Waals surface area contributed by atoms with Gasteiger partial charge < -0.3 is 10.1 Å². The summed E-state index contributed by atoms with van der Waals surface area (Å²) in [5.41, 5.74) is 3.51. The number of hydrogen-bond donors (Lipinski definition) is 1. The van der Waals surface area contributed by atoms with Gasteiger partial charge in [-0.05, 0) is 74.9 Å². The van der Waals surface area contributed by atoms with E-state index in [1.54, 1.807) is 0 Å². The van der Waals surface area contributed by atoms with Crippen molar-refractivity contribution in [3.05, 3.63) is 47.2 Å². The Morgan fingerprint density at radius 3 is 2.86 bits per heavy atom. The summed E-state index contributed by atoms with van der Waals surface area (Å²) in [5.74, 6) is 1.28. The second kappa shape index (κ2) is 9.11. The van der Waals surface area contributed by atoms with Gasteiger partial charge in [-0.1, -0.05) is 18.7 Å². The van der Waals surface area contributed by atoms with Crippen LogP contribution in [-0.2, 0) is 17.6 Å². The zero-order valence-corrected chi connectivity index (χ0v) is 17.3. The second-order valence-corrected chi connectivity index (χ2v) is 8.44. The average molecular weight is 396 g/mol. The van der Waals surface area contributed by atoms with Crippen LogP contribution in [0.3, 0.4) is 0 Å². The van der Waals surface area contributed by atoms with Gasteiger partial charge in [0.2, 0.25) is 5.91 Å². The molecule has 5 nitrogen and oxygen atoms in total. The molecular formula is C22H25N3O2S. The first kappa shape index (κ1) is 20.2. The molecule has 1 aliphatic rings. The molecule has 146 valence electrons. The van der Waals surface area contributed by atoms with Crippen LogP contribution < -0.4 is 10.1 Å². The maximum absolute atomic E-state index is 12.6. The van der Waals surface area contributed by atoms with Gasteiger partial charge >= 0.3 is 0 Å². The van der Waals surface area contributed by atoms with Gasteiger partial charge in [-0.15, -0.1) is 0 Å². The van der Waals surface area contributed by atoms with Crippen molar-refractivity contribution in [2.45, 2.75) is 50.3 Å². The third kappa shape index (κ3) is 4.85. The lowest BCUT2D eigenvalue weighted by Gasteiger charge is -2.22. The van der Waals surface area contributed by atoms with Gasteiger partial charge in [-0.25, -0.2) is 4.98 Å². The highest BCUT2D eigenvalue weighted by molar-refractivity contribution is 8.00. The quantitative estimate of drug-likeness (QED) is 0.724. The fourth-order valence-electron chi connectivity index (χ4n) is 3.26. The first-order valence-electron chi connectivity index (χ1n) is 9.63. The minimum Gasteiger partial charge on any atom is -0.494 e. The van der Waals surface area contributed by atoms with Crippen LogP contribution in [0.1, 0.15) is 44.0 Å². The van der Waals surface area contributed by atoms with Crippen LogP contribution in [0.4, 0.5) is 5.69 Å². The Labute approximate surface area is 170 Å². The summed E-state index contributed by atoms with van der Waals surface area (Å²) >= 11 is 1.34. The number of pyridine rings is 1. The number of nitriles is 1. The fourth-order valence-corrected chi connectivity index (χ4v) is 4.16. The lowest BCUT2D eigenvalue weighted by molar-refractivity contribution is -0.115. The molecule has 2 unspecified atom stereocenters. The predicted octanol–water partition coefficient (Wildman–Crippen LogP) is 4.60. The minimum atomic E-state index is -0.369. The zero-order valence-electron chi connectivity index (χ0n) is 16.5. The molecule has 0 saturated carbocycles. The number of thioether (sulfide) groups is 1. The van der Waals surface area contributed by atoms with Gasteiger partial charge in [0.15, 0.2) is 0 Å². The monoisotopic (exact) mass is 395 g/mol. The molecule has 28 heavy (non-hydrogen) atoms. The number of nitrogens with one attached hydrogen (secondary N) is 1. The normalized spacial score (nSPS) is 16.6. The molecule has 3 rings (SSSR count). The minimum absolute atomic E-state index is 0.119. The van der Waals surface area contributed by atoms with Crippen LogP contribution in [0.5, 0.6) is 5.75 Å². The van der Waals surface area contributed by atoms with Crippen LogP contribution in [0.15, 0.2) is 35.4 Å².